The van der Waals surface area contributed by atoms with E-state index < -0.39 is 11.6 Å². The first kappa shape index (κ1) is 11.3. The van der Waals surface area contributed by atoms with Crippen molar-refractivity contribution in [2.45, 2.75) is 13.3 Å². The van der Waals surface area contributed by atoms with Crippen LogP contribution in [0, 0.1) is 11.6 Å². The van der Waals surface area contributed by atoms with Gasteiger partial charge in [-0.25, -0.2) is 18.3 Å². The maximum Gasteiger partial charge on any atom is 0.212 e. The Bertz CT molecular complexity index is 686. The maximum atomic E-state index is 13.6. The fourth-order valence-electron chi connectivity index (χ4n) is 1.71. The molecule has 0 saturated heterocycles. The Hall–Kier alpha value is -1.82. The molecule has 2 heterocycles. The van der Waals surface area contributed by atoms with Gasteiger partial charge in [-0.1, -0.05) is 18.3 Å². The summed E-state index contributed by atoms with van der Waals surface area (Å²) in [7, 11) is 0. The summed E-state index contributed by atoms with van der Waals surface area (Å²) in [6.45, 7) is 2.01. The Labute approximate surface area is 106 Å². The maximum absolute atomic E-state index is 13.6. The summed E-state index contributed by atoms with van der Waals surface area (Å²) in [5, 5.41) is 5.25. The van der Waals surface area contributed by atoms with Gasteiger partial charge in [0.25, 0.3) is 0 Å². The van der Waals surface area contributed by atoms with E-state index in [2.05, 4.69) is 10.1 Å². The normalized spacial score (nSPS) is 11.3. The lowest BCUT2D eigenvalue weighted by molar-refractivity contribution is 0.603. The standard InChI is InChI=1S/C12H9F2N3S/c1-2-11-16-17-6-10(15-12(17)18-11)8-5-7(13)3-4-9(8)14/h3-6H,2H2,1H3. The average molecular weight is 265 g/mol. The molecule has 0 aliphatic rings. The molecule has 0 aliphatic carbocycles. The minimum atomic E-state index is -0.488. The van der Waals surface area contributed by atoms with Crippen LogP contribution in [0.2, 0.25) is 0 Å². The molecule has 0 spiro atoms. The fraction of sp³-hybridized carbons (Fsp3) is 0.167. The third kappa shape index (κ3) is 1.78. The van der Waals surface area contributed by atoms with Crippen LogP contribution in [0.15, 0.2) is 24.4 Å². The first-order chi connectivity index (χ1) is 8.67. The second-order valence-electron chi connectivity index (χ2n) is 3.83. The summed E-state index contributed by atoms with van der Waals surface area (Å²) in [5.41, 5.74) is 0.555. The molecule has 2 aromatic heterocycles. The van der Waals surface area contributed by atoms with Crippen molar-refractivity contribution in [1.82, 2.24) is 14.6 Å². The van der Waals surface area contributed by atoms with Crippen molar-refractivity contribution in [2.75, 3.05) is 0 Å². The fourth-order valence-corrected chi connectivity index (χ4v) is 2.52. The number of aromatic nitrogens is 3. The van der Waals surface area contributed by atoms with E-state index in [9.17, 15) is 8.78 Å². The predicted octanol–water partition coefficient (Wildman–Crippen LogP) is 3.30. The monoisotopic (exact) mass is 265 g/mol. The van der Waals surface area contributed by atoms with Crippen molar-refractivity contribution in [3.05, 3.63) is 41.0 Å². The highest BCUT2D eigenvalue weighted by Crippen LogP contribution is 2.25. The van der Waals surface area contributed by atoms with Gasteiger partial charge in [-0.3, -0.25) is 0 Å². The molecule has 0 atom stereocenters. The van der Waals surface area contributed by atoms with Gasteiger partial charge in [0.05, 0.1) is 11.9 Å². The molecule has 0 bridgehead atoms. The Morgan fingerprint density at radius 1 is 1.33 bits per heavy atom. The topological polar surface area (TPSA) is 30.2 Å². The molecule has 1 aromatic carbocycles. The van der Waals surface area contributed by atoms with Crippen LogP contribution in [0.25, 0.3) is 16.2 Å². The molecule has 3 aromatic rings. The van der Waals surface area contributed by atoms with E-state index in [-0.39, 0.29) is 5.56 Å². The SMILES string of the molecule is CCc1nn2cc(-c3cc(F)ccc3F)nc2s1. The third-order valence-corrected chi connectivity index (χ3v) is 3.66. The van der Waals surface area contributed by atoms with E-state index in [1.807, 2.05) is 6.92 Å². The third-order valence-electron chi connectivity index (χ3n) is 2.59. The Balaban J connectivity index is 2.13. The molecule has 0 saturated carbocycles. The number of halogens is 2. The van der Waals surface area contributed by atoms with E-state index >= 15 is 0 Å². The van der Waals surface area contributed by atoms with Crippen LogP contribution in [0.4, 0.5) is 8.78 Å². The molecule has 18 heavy (non-hydrogen) atoms. The molecule has 0 amide bonds. The number of nitrogens with zero attached hydrogens (tertiary/aromatic N) is 3. The Kier molecular flexibility index (Phi) is 2.59. The van der Waals surface area contributed by atoms with Crippen LogP contribution in [0.3, 0.4) is 0 Å². The number of rotatable bonds is 2. The molecule has 0 radical (unpaired) electrons. The van der Waals surface area contributed by atoms with E-state index in [0.29, 0.717) is 10.7 Å². The molecule has 6 heteroatoms. The molecule has 0 N–H and O–H groups in total. The summed E-state index contributed by atoms with van der Waals surface area (Å²) in [4.78, 5) is 4.95. The molecular weight excluding hydrogens is 256 g/mol. The first-order valence-corrected chi connectivity index (χ1v) is 6.29. The van der Waals surface area contributed by atoms with Gasteiger partial charge in [0.2, 0.25) is 4.96 Å². The van der Waals surface area contributed by atoms with E-state index in [0.717, 1.165) is 29.6 Å². The largest absolute Gasteiger partial charge is 0.217 e. The second kappa shape index (κ2) is 4.13. The number of hydrogen-bond donors (Lipinski definition) is 0. The lowest BCUT2D eigenvalue weighted by Crippen LogP contribution is -1.87. The lowest BCUT2D eigenvalue weighted by atomic mass is 10.1. The van der Waals surface area contributed by atoms with Crippen LogP contribution in [-0.2, 0) is 6.42 Å². The van der Waals surface area contributed by atoms with Gasteiger partial charge in [0, 0.05) is 5.56 Å². The molecule has 3 nitrogen and oxygen atoms in total. The summed E-state index contributed by atoms with van der Waals surface area (Å²) < 4.78 is 28.3. The van der Waals surface area contributed by atoms with Gasteiger partial charge in [-0.15, -0.1) is 0 Å². The number of hydrogen-bond acceptors (Lipinski definition) is 3. The highest BCUT2D eigenvalue weighted by Gasteiger charge is 2.12. The quantitative estimate of drug-likeness (QED) is 0.711. The average Bonchev–Trinajstić information content (AvgIpc) is 2.89. The van der Waals surface area contributed by atoms with Crippen LogP contribution in [-0.4, -0.2) is 14.6 Å². The van der Waals surface area contributed by atoms with Crippen LogP contribution >= 0.6 is 11.3 Å². The summed E-state index contributed by atoms with van der Waals surface area (Å²) in [6.07, 6.45) is 2.44. The zero-order chi connectivity index (χ0) is 12.7. The van der Waals surface area contributed by atoms with Gasteiger partial charge >= 0.3 is 0 Å². The second-order valence-corrected chi connectivity index (χ2v) is 4.87. The minimum Gasteiger partial charge on any atom is -0.217 e. The van der Waals surface area contributed by atoms with E-state index in [1.54, 1.807) is 10.7 Å². The van der Waals surface area contributed by atoms with Crippen molar-refractivity contribution >= 4 is 16.3 Å². The molecular formula is C12H9F2N3S. The molecule has 3 rings (SSSR count). The zero-order valence-electron chi connectivity index (χ0n) is 9.52. The van der Waals surface area contributed by atoms with Crippen LogP contribution in [0.1, 0.15) is 11.9 Å². The summed E-state index contributed by atoms with van der Waals surface area (Å²) >= 11 is 1.45. The van der Waals surface area contributed by atoms with Crippen molar-refractivity contribution in [3.8, 4) is 11.3 Å². The van der Waals surface area contributed by atoms with Gasteiger partial charge in [0.15, 0.2) is 0 Å². The number of fused-ring (bicyclic) bond motifs is 1. The van der Waals surface area contributed by atoms with Gasteiger partial charge in [-0.05, 0) is 24.6 Å². The first-order valence-electron chi connectivity index (χ1n) is 5.48. The van der Waals surface area contributed by atoms with E-state index in [4.69, 9.17) is 0 Å². The number of benzene rings is 1. The Morgan fingerprint density at radius 2 is 2.17 bits per heavy atom. The van der Waals surface area contributed by atoms with Crippen molar-refractivity contribution < 1.29 is 8.78 Å². The van der Waals surface area contributed by atoms with Crippen LogP contribution < -0.4 is 0 Å². The highest BCUT2D eigenvalue weighted by atomic mass is 32.1. The zero-order valence-corrected chi connectivity index (χ0v) is 10.3. The van der Waals surface area contributed by atoms with Gasteiger partial charge in [0.1, 0.15) is 16.6 Å². The highest BCUT2D eigenvalue weighted by molar-refractivity contribution is 7.16. The van der Waals surface area contributed by atoms with Gasteiger partial charge < -0.3 is 0 Å². The van der Waals surface area contributed by atoms with Crippen molar-refractivity contribution in [1.29, 1.82) is 0 Å². The van der Waals surface area contributed by atoms with E-state index in [1.165, 1.54) is 11.3 Å². The lowest BCUT2D eigenvalue weighted by Gasteiger charge is -1.98. The Morgan fingerprint density at radius 3 is 2.89 bits per heavy atom. The van der Waals surface area contributed by atoms with Crippen molar-refractivity contribution in [2.24, 2.45) is 0 Å². The van der Waals surface area contributed by atoms with Gasteiger partial charge in [-0.2, -0.15) is 5.10 Å². The van der Waals surface area contributed by atoms with Crippen molar-refractivity contribution in [3.63, 3.8) is 0 Å². The molecule has 0 fully saturated rings. The molecule has 0 aliphatic heterocycles. The summed E-state index contributed by atoms with van der Waals surface area (Å²) in [6, 6.07) is 3.33. The summed E-state index contributed by atoms with van der Waals surface area (Å²) in [5.74, 6) is -0.970. The van der Waals surface area contributed by atoms with Crippen LogP contribution in [0.5, 0.6) is 0 Å². The minimum absolute atomic E-state index is 0.158. The smallest absolute Gasteiger partial charge is 0.212 e. The molecule has 92 valence electrons. The number of aryl methyl sites for hydroxylation is 1. The predicted molar refractivity (Wildman–Crippen MR) is 65.6 cm³/mol. The molecule has 0 unspecified atom stereocenters. The number of imidazole rings is 1.